The molecule has 0 spiro atoms. The molecule has 0 fully saturated rings. The molecule has 7 nitrogen and oxygen atoms in total. The first-order valence-electron chi connectivity index (χ1n) is 8.31. The maximum absolute atomic E-state index is 12.8. The van der Waals surface area contributed by atoms with Crippen LogP contribution < -0.4 is 20.7 Å². The van der Waals surface area contributed by atoms with Gasteiger partial charge in [0.05, 0.1) is 13.1 Å². The van der Waals surface area contributed by atoms with Crippen molar-refractivity contribution >= 4 is 34.4 Å². The second kappa shape index (κ2) is 5.77. The molecule has 0 saturated heterocycles. The van der Waals surface area contributed by atoms with Gasteiger partial charge in [-0.05, 0) is 25.1 Å². The van der Waals surface area contributed by atoms with E-state index in [1.807, 2.05) is 28.8 Å². The third-order valence-electron chi connectivity index (χ3n) is 4.74. The number of hydrogen-bond donors (Lipinski definition) is 1. The lowest BCUT2D eigenvalue weighted by Crippen LogP contribution is -2.49. The third-order valence-corrected chi connectivity index (χ3v) is 4.97. The van der Waals surface area contributed by atoms with Crippen molar-refractivity contribution in [3.05, 3.63) is 50.1 Å². The smallest absolute Gasteiger partial charge is 0.267 e. The van der Waals surface area contributed by atoms with E-state index in [-0.39, 0.29) is 11.2 Å². The Morgan fingerprint density at radius 3 is 2.84 bits per heavy atom. The van der Waals surface area contributed by atoms with Crippen LogP contribution in [0.15, 0.2) is 33.9 Å². The molecule has 0 bridgehead atoms. The van der Waals surface area contributed by atoms with Gasteiger partial charge in [-0.3, -0.25) is 13.9 Å². The van der Waals surface area contributed by atoms with Crippen molar-refractivity contribution in [2.24, 2.45) is 7.05 Å². The lowest BCUT2D eigenvalue weighted by Gasteiger charge is -2.22. The Morgan fingerprint density at radius 1 is 1.32 bits per heavy atom. The summed E-state index contributed by atoms with van der Waals surface area (Å²) in [7, 11) is 1.68. The minimum atomic E-state index is -0.312. The number of rotatable bonds is 2. The molecule has 0 aliphatic carbocycles. The number of anilines is 2. The maximum atomic E-state index is 12.8. The van der Waals surface area contributed by atoms with Crippen molar-refractivity contribution in [2.45, 2.75) is 26.4 Å². The number of nitrogens with zero attached hydrogens (tertiary/aromatic N) is 4. The molecular formula is C17H19ClN5O2+. The molecule has 1 aliphatic rings. The largest absolute Gasteiger partial charge is 0.364 e. The Morgan fingerprint density at radius 2 is 2.12 bits per heavy atom. The van der Waals surface area contributed by atoms with E-state index in [1.54, 1.807) is 14.0 Å². The molecule has 25 heavy (non-hydrogen) atoms. The molecule has 3 aromatic rings. The highest BCUT2D eigenvalue weighted by atomic mass is 35.5. The number of halogens is 1. The minimum Gasteiger partial charge on any atom is -0.267 e. The van der Waals surface area contributed by atoms with Gasteiger partial charge in [-0.25, -0.2) is 19.2 Å². The van der Waals surface area contributed by atoms with E-state index < -0.39 is 0 Å². The Kier molecular flexibility index (Phi) is 3.68. The van der Waals surface area contributed by atoms with Gasteiger partial charge < -0.3 is 0 Å². The fourth-order valence-corrected chi connectivity index (χ4v) is 3.70. The number of benzene rings is 1. The molecule has 1 aliphatic heterocycles. The zero-order valence-corrected chi connectivity index (χ0v) is 14.9. The normalized spacial score (nSPS) is 14.1. The van der Waals surface area contributed by atoms with Crippen molar-refractivity contribution in [2.75, 3.05) is 11.4 Å². The molecule has 0 saturated carbocycles. The van der Waals surface area contributed by atoms with Crippen molar-refractivity contribution in [1.29, 1.82) is 0 Å². The van der Waals surface area contributed by atoms with Gasteiger partial charge in [0.25, 0.3) is 5.56 Å². The number of aryl methyl sites for hydroxylation is 2. The van der Waals surface area contributed by atoms with Crippen LogP contribution in [0.1, 0.15) is 13.3 Å². The molecule has 0 radical (unpaired) electrons. The molecule has 0 unspecified atom stereocenters. The van der Waals surface area contributed by atoms with E-state index in [1.165, 1.54) is 9.13 Å². The van der Waals surface area contributed by atoms with Crippen molar-refractivity contribution in [3.8, 4) is 0 Å². The summed E-state index contributed by atoms with van der Waals surface area (Å²) < 4.78 is 4.73. The van der Waals surface area contributed by atoms with Crippen LogP contribution in [0.5, 0.6) is 0 Å². The lowest BCUT2D eigenvalue weighted by molar-refractivity contribution is -0.663. The first-order valence-corrected chi connectivity index (χ1v) is 8.69. The van der Waals surface area contributed by atoms with Gasteiger partial charge in [0.15, 0.2) is 0 Å². The Labute approximate surface area is 148 Å². The number of fused-ring (bicyclic) bond motifs is 3. The molecule has 130 valence electrons. The number of imidazole rings is 1. The van der Waals surface area contributed by atoms with Gasteiger partial charge in [-0.2, -0.15) is 0 Å². The summed E-state index contributed by atoms with van der Waals surface area (Å²) in [5.41, 5.74) is 1.46. The average molecular weight is 361 g/mol. The average Bonchev–Trinajstić information content (AvgIpc) is 3.00. The van der Waals surface area contributed by atoms with Crippen LogP contribution in [-0.2, 0) is 20.1 Å². The topological polar surface area (TPSA) is 66.9 Å². The number of hydrogen-bond acceptors (Lipinski definition) is 3. The first kappa shape index (κ1) is 16.0. The summed E-state index contributed by atoms with van der Waals surface area (Å²) in [5.74, 6) is 0.796. The third kappa shape index (κ3) is 2.30. The van der Waals surface area contributed by atoms with Gasteiger partial charge in [0, 0.05) is 25.0 Å². The summed E-state index contributed by atoms with van der Waals surface area (Å²) in [5, 5.41) is 0.659. The van der Waals surface area contributed by atoms with Crippen molar-refractivity contribution in [1.82, 2.24) is 14.1 Å². The van der Waals surface area contributed by atoms with Crippen molar-refractivity contribution < 1.29 is 4.57 Å². The Balaban J connectivity index is 2.03. The highest BCUT2D eigenvalue weighted by Gasteiger charge is 2.33. The Bertz CT molecular complexity index is 1090. The highest BCUT2D eigenvalue weighted by Crippen LogP contribution is 2.27. The van der Waals surface area contributed by atoms with Crippen LogP contribution >= 0.6 is 11.6 Å². The van der Waals surface area contributed by atoms with Gasteiger partial charge in [-0.1, -0.05) is 17.7 Å². The predicted octanol–water partition coefficient (Wildman–Crippen LogP) is 1.53. The molecule has 3 heterocycles. The second-order valence-corrected chi connectivity index (χ2v) is 6.61. The van der Waals surface area contributed by atoms with Crippen LogP contribution in [0.3, 0.4) is 0 Å². The summed E-state index contributed by atoms with van der Waals surface area (Å²) >= 11 is 6.14. The fraction of sp³-hybridized carbons (Fsp3) is 0.353. The Hall–Kier alpha value is -2.54. The molecule has 0 atom stereocenters. The van der Waals surface area contributed by atoms with E-state index in [9.17, 15) is 9.59 Å². The number of nitrogens with one attached hydrogen (secondary N) is 1. The van der Waals surface area contributed by atoms with E-state index >= 15 is 0 Å². The second-order valence-electron chi connectivity index (χ2n) is 6.17. The van der Waals surface area contributed by atoms with E-state index in [0.717, 1.165) is 31.1 Å². The van der Waals surface area contributed by atoms with Crippen LogP contribution in [0, 0.1) is 0 Å². The van der Waals surface area contributed by atoms with Crippen LogP contribution in [0.2, 0.25) is 5.02 Å². The monoisotopic (exact) mass is 360 g/mol. The summed E-state index contributed by atoms with van der Waals surface area (Å²) in [6.45, 7) is 3.68. The molecular weight excluding hydrogens is 342 g/mol. The molecule has 1 N–H and O–H groups in total. The van der Waals surface area contributed by atoms with Gasteiger partial charge in [-0.15, -0.1) is 0 Å². The molecule has 2 aromatic heterocycles. The SMILES string of the molecule is CCn1c(=O)c2c([nH]c3[n+]2CCCN3c2cccc(Cl)c2)n(C)c1=O. The quantitative estimate of drug-likeness (QED) is 0.705. The highest BCUT2D eigenvalue weighted by molar-refractivity contribution is 6.30. The number of H-pyrrole nitrogens is 1. The van der Waals surface area contributed by atoms with E-state index in [4.69, 9.17) is 11.6 Å². The van der Waals surface area contributed by atoms with E-state index in [0.29, 0.717) is 22.7 Å². The van der Waals surface area contributed by atoms with Gasteiger partial charge >= 0.3 is 11.6 Å². The van der Waals surface area contributed by atoms with Crippen LogP contribution in [-0.4, -0.2) is 20.7 Å². The van der Waals surface area contributed by atoms with Crippen molar-refractivity contribution in [3.63, 3.8) is 0 Å². The van der Waals surface area contributed by atoms with Crippen LogP contribution in [0.4, 0.5) is 11.6 Å². The summed E-state index contributed by atoms with van der Waals surface area (Å²) in [6.07, 6.45) is 0.894. The molecule has 1 aromatic carbocycles. The minimum absolute atomic E-state index is 0.254. The molecule has 4 rings (SSSR count). The zero-order valence-electron chi connectivity index (χ0n) is 14.1. The van der Waals surface area contributed by atoms with E-state index in [2.05, 4.69) is 9.88 Å². The van der Waals surface area contributed by atoms with Crippen LogP contribution in [0.25, 0.3) is 11.2 Å². The fourth-order valence-electron chi connectivity index (χ4n) is 3.52. The summed E-state index contributed by atoms with van der Waals surface area (Å²) in [6, 6.07) is 7.61. The standard InChI is InChI=1S/C17H18ClN5O2/c1-3-21-15(24)13-14(20(2)17(21)25)19-16-22(8-5-9-23(13)16)12-7-4-6-11(18)10-12/h4,6-7,10H,3,5,8-9H2,1-2H3/p+1. The lowest BCUT2D eigenvalue weighted by atomic mass is 10.2. The van der Waals surface area contributed by atoms with Gasteiger partial charge in [0.1, 0.15) is 5.69 Å². The maximum Gasteiger partial charge on any atom is 0.364 e. The van der Waals surface area contributed by atoms with Gasteiger partial charge in [0.2, 0.25) is 11.2 Å². The molecule has 0 amide bonds. The summed E-state index contributed by atoms with van der Waals surface area (Å²) in [4.78, 5) is 30.6. The zero-order chi connectivity index (χ0) is 17.7. The predicted molar refractivity (Wildman–Crippen MR) is 96.7 cm³/mol. The number of aromatic nitrogens is 4. The number of aromatic amines is 1. The molecule has 8 heteroatoms. The first-order chi connectivity index (χ1) is 12.0.